The van der Waals surface area contributed by atoms with Crippen molar-refractivity contribution in [3.63, 3.8) is 0 Å². The zero-order chi connectivity index (χ0) is 25.3. The average Bonchev–Trinajstić information content (AvgIpc) is 2.92. The van der Waals surface area contributed by atoms with Crippen LogP contribution in [-0.4, -0.2) is 23.4 Å². The molecule has 0 aliphatic rings. The first kappa shape index (κ1) is 24.2. The maximum Gasteiger partial charge on any atom is 0.275 e. The molecule has 36 heavy (non-hydrogen) atoms. The summed E-state index contributed by atoms with van der Waals surface area (Å²) in [7, 11) is 0. The molecule has 0 spiro atoms. The van der Waals surface area contributed by atoms with E-state index in [2.05, 4.69) is 10.9 Å². The van der Waals surface area contributed by atoms with Crippen molar-refractivity contribution in [1.29, 1.82) is 0 Å². The Labute approximate surface area is 207 Å². The molecule has 0 aliphatic carbocycles. The van der Waals surface area contributed by atoms with E-state index in [1.54, 1.807) is 94.3 Å². The lowest BCUT2D eigenvalue weighted by Gasteiger charge is -2.07. The van der Waals surface area contributed by atoms with Gasteiger partial charge in [-0.05, 0) is 12.1 Å². The quantitative estimate of drug-likeness (QED) is 0.229. The highest BCUT2D eigenvalue weighted by molar-refractivity contribution is 5.99. The predicted molar refractivity (Wildman–Crippen MR) is 130 cm³/mol. The first-order valence-corrected chi connectivity index (χ1v) is 11.2. The number of nitrogens with one attached hydrogen (secondary N) is 2. The van der Waals surface area contributed by atoms with E-state index in [9.17, 15) is 19.2 Å². The molecule has 0 saturated carbocycles. The molecule has 178 valence electrons. The highest BCUT2D eigenvalue weighted by atomic mass is 16.2. The monoisotopic (exact) mass is 480 g/mol. The van der Waals surface area contributed by atoms with Crippen LogP contribution in [0.5, 0.6) is 0 Å². The van der Waals surface area contributed by atoms with Crippen LogP contribution in [0.4, 0.5) is 0 Å². The third-order valence-electron chi connectivity index (χ3n) is 5.37. The molecule has 0 atom stereocenters. The van der Waals surface area contributed by atoms with E-state index in [1.807, 2.05) is 12.1 Å². The van der Waals surface area contributed by atoms with Crippen molar-refractivity contribution in [2.24, 2.45) is 0 Å². The van der Waals surface area contributed by atoms with Crippen molar-refractivity contribution in [1.82, 2.24) is 10.9 Å². The number of hydrogen-bond acceptors (Lipinski definition) is 4. The van der Waals surface area contributed by atoms with E-state index in [0.717, 1.165) is 0 Å². The predicted octanol–water partition coefficient (Wildman–Crippen LogP) is 2.10. The summed E-state index contributed by atoms with van der Waals surface area (Å²) in [6.45, 7) is 0.145. The summed E-state index contributed by atoms with van der Waals surface area (Å²) in [6, 6.07) is 24.2. The average molecular weight is 481 g/mol. The van der Waals surface area contributed by atoms with E-state index in [0.29, 0.717) is 11.1 Å². The van der Waals surface area contributed by atoms with Crippen molar-refractivity contribution >= 4 is 23.4 Å². The molecule has 0 aliphatic heterocycles. The maximum absolute atomic E-state index is 12.6. The number of ketones is 2. The van der Waals surface area contributed by atoms with Crippen molar-refractivity contribution in [3.8, 4) is 0 Å². The van der Waals surface area contributed by atoms with Gasteiger partial charge < -0.3 is 0 Å². The third-order valence-corrected chi connectivity index (χ3v) is 5.37. The summed E-state index contributed by atoms with van der Waals surface area (Å²) >= 11 is 0. The number of carbonyl (C=O) groups excluding carboxylic acids is 4. The van der Waals surface area contributed by atoms with E-state index in [-0.39, 0.29) is 35.8 Å². The number of Topliss-reactive ketones (excluding diaryl/α,β-unsaturated/α-hetero) is 2. The van der Waals surface area contributed by atoms with Crippen LogP contribution in [-0.2, 0) is 13.1 Å². The summed E-state index contributed by atoms with van der Waals surface area (Å²) in [5.74, 6) is -1.25. The summed E-state index contributed by atoms with van der Waals surface area (Å²) in [5.41, 5.74) is 6.47. The lowest BCUT2D eigenvalue weighted by molar-refractivity contribution is -0.683. The first-order valence-electron chi connectivity index (χ1n) is 11.2. The van der Waals surface area contributed by atoms with E-state index in [4.69, 9.17) is 0 Å². The topological polar surface area (TPSA) is 100 Å². The molecule has 8 heteroatoms. The van der Waals surface area contributed by atoms with Crippen molar-refractivity contribution in [2.75, 3.05) is 0 Å². The fourth-order valence-electron chi connectivity index (χ4n) is 3.53. The van der Waals surface area contributed by atoms with Gasteiger partial charge in [-0.1, -0.05) is 60.7 Å². The molecule has 2 heterocycles. The largest absolute Gasteiger partial charge is 0.287 e. The summed E-state index contributed by atoms with van der Waals surface area (Å²) < 4.78 is 3.21. The fourth-order valence-corrected chi connectivity index (χ4v) is 3.53. The standard InChI is InChI=1S/C28H22N4O4/c33-25(21-9-3-1-4-10-21)19-31-15-7-13-23(17-31)27(35)29-30-28(36)24-14-8-16-32(18-24)20-26(34)22-11-5-2-6-12-22/h1-18H,19-20H2/p+2. The van der Waals surface area contributed by atoms with Gasteiger partial charge in [-0.25, -0.2) is 0 Å². The highest BCUT2D eigenvalue weighted by Crippen LogP contribution is 2.02. The molecule has 2 aromatic heterocycles. The van der Waals surface area contributed by atoms with Gasteiger partial charge in [0.25, 0.3) is 11.8 Å². The van der Waals surface area contributed by atoms with Crippen LogP contribution in [0.2, 0.25) is 0 Å². The normalized spacial score (nSPS) is 10.3. The van der Waals surface area contributed by atoms with Crippen LogP contribution in [0.25, 0.3) is 0 Å². The number of carbonyl (C=O) groups is 4. The fraction of sp³-hybridized carbons (Fsp3) is 0.0714. The highest BCUT2D eigenvalue weighted by Gasteiger charge is 2.18. The maximum atomic E-state index is 12.6. The number of hydrazine groups is 1. The summed E-state index contributed by atoms with van der Waals surface area (Å²) in [5, 5.41) is 0. The molecule has 0 unspecified atom stereocenters. The number of benzene rings is 2. The van der Waals surface area contributed by atoms with Gasteiger partial charge >= 0.3 is 0 Å². The minimum absolute atomic E-state index is 0.0726. The number of amides is 2. The Morgan fingerprint density at radius 1 is 0.500 bits per heavy atom. The van der Waals surface area contributed by atoms with E-state index < -0.39 is 11.8 Å². The molecule has 0 saturated heterocycles. The molecule has 4 rings (SSSR count). The molecule has 2 amide bonds. The third kappa shape index (κ3) is 6.32. The zero-order valence-corrected chi connectivity index (χ0v) is 19.3. The smallest absolute Gasteiger partial charge is 0.275 e. The number of hydrogen-bond donors (Lipinski definition) is 2. The van der Waals surface area contributed by atoms with Crippen LogP contribution < -0.4 is 20.0 Å². The van der Waals surface area contributed by atoms with Gasteiger partial charge in [-0.15, -0.1) is 0 Å². The van der Waals surface area contributed by atoms with Gasteiger partial charge in [0.15, 0.2) is 24.8 Å². The first-order chi connectivity index (χ1) is 17.5. The van der Waals surface area contributed by atoms with Crippen LogP contribution in [0.3, 0.4) is 0 Å². The number of aromatic nitrogens is 2. The second-order valence-electron chi connectivity index (χ2n) is 8.02. The summed E-state index contributed by atoms with van der Waals surface area (Å²) in [6.07, 6.45) is 6.45. The second-order valence-corrected chi connectivity index (χ2v) is 8.02. The van der Waals surface area contributed by atoms with Crippen molar-refractivity contribution in [2.45, 2.75) is 13.1 Å². The van der Waals surface area contributed by atoms with Gasteiger partial charge in [0, 0.05) is 23.3 Å². The van der Waals surface area contributed by atoms with Gasteiger partial charge in [-0.3, -0.25) is 30.0 Å². The second kappa shape index (κ2) is 11.4. The van der Waals surface area contributed by atoms with E-state index >= 15 is 0 Å². The molecule has 8 nitrogen and oxygen atoms in total. The molecule has 4 aromatic rings. The van der Waals surface area contributed by atoms with Gasteiger partial charge in [0.1, 0.15) is 11.1 Å². The zero-order valence-electron chi connectivity index (χ0n) is 19.3. The number of nitrogens with zero attached hydrogens (tertiary/aromatic N) is 2. The Hall–Kier alpha value is -4.98. The SMILES string of the molecule is O=C(C[n+]1cccc(C(=O)NNC(=O)c2ccc[n+](CC(=O)c3ccccc3)c2)c1)c1ccccc1. The Bertz CT molecular complexity index is 1300. The molecule has 2 aromatic carbocycles. The lowest BCUT2D eigenvalue weighted by atomic mass is 10.1. The number of rotatable bonds is 8. The Morgan fingerprint density at radius 2 is 0.861 bits per heavy atom. The lowest BCUT2D eigenvalue weighted by Crippen LogP contribution is -2.44. The van der Waals surface area contributed by atoms with E-state index in [1.165, 1.54) is 12.4 Å². The molecular formula is C28H24N4O4+2. The van der Waals surface area contributed by atoms with Gasteiger partial charge in [0.05, 0.1) is 0 Å². The molecule has 2 N–H and O–H groups in total. The van der Waals surface area contributed by atoms with Crippen LogP contribution >= 0.6 is 0 Å². The molecule has 0 bridgehead atoms. The Kier molecular flexibility index (Phi) is 7.67. The van der Waals surface area contributed by atoms with Gasteiger partial charge in [0.2, 0.25) is 24.7 Å². The number of pyridine rings is 2. The summed E-state index contributed by atoms with van der Waals surface area (Å²) in [4.78, 5) is 50.0. The minimum Gasteiger partial charge on any atom is -0.287 e. The van der Waals surface area contributed by atoms with Crippen LogP contribution in [0.15, 0.2) is 110 Å². The minimum atomic E-state index is -0.534. The van der Waals surface area contributed by atoms with Crippen LogP contribution in [0.1, 0.15) is 41.4 Å². The molecular weight excluding hydrogens is 456 g/mol. The Balaban J connectivity index is 1.35. The van der Waals surface area contributed by atoms with Gasteiger partial charge in [-0.2, -0.15) is 9.13 Å². The molecule has 0 fully saturated rings. The Morgan fingerprint density at radius 3 is 1.25 bits per heavy atom. The van der Waals surface area contributed by atoms with Crippen molar-refractivity contribution < 1.29 is 28.3 Å². The molecule has 0 radical (unpaired) electrons. The van der Waals surface area contributed by atoms with Crippen LogP contribution in [0, 0.1) is 0 Å². The van der Waals surface area contributed by atoms with Crippen molar-refractivity contribution in [3.05, 3.63) is 132 Å².